The first-order valence-corrected chi connectivity index (χ1v) is 9.72. The molecule has 33 heavy (non-hydrogen) atoms. The summed E-state index contributed by atoms with van der Waals surface area (Å²) in [7, 11) is 1.25. The molecule has 0 aliphatic rings. The maximum atomic E-state index is 14.3. The Balaban J connectivity index is 1.96. The molecule has 12 heteroatoms. The highest BCUT2D eigenvalue weighted by Crippen LogP contribution is 2.31. The predicted octanol–water partition coefficient (Wildman–Crippen LogP) is 3.65. The summed E-state index contributed by atoms with van der Waals surface area (Å²) in [5, 5.41) is 12.5. The average Bonchev–Trinajstić information content (AvgIpc) is 3.14. The van der Waals surface area contributed by atoms with Crippen LogP contribution < -0.4 is 15.8 Å². The van der Waals surface area contributed by atoms with Gasteiger partial charge in [0.1, 0.15) is 52.6 Å². The summed E-state index contributed by atoms with van der Waals surface area (Å²) in [5.74, 6) is -2.30. The topological polar surface area (TPSA) is 128 Å². The molecule has 4 aromatic rings. The molecule has 1 aromatic carbocycles. The highest BCUT2D eigenvalue weighted by Gasteiger charge is 2.25. The number of nitrogens with one attached hydrogen (secondary N) is 1. The first-order chi connectivity index (χ1) is 15.9. The molecule has 4 rings (SSSR count). The minimum atomic E-state index is -0.816. The first kappa shape index (κ1) is 21.8. The van der Waals surface area contributed by atoms with Crippen LogP contribution in [0.5, 0.6) is 5.88 Å². The molecule has 1 unspecified atom stereocenters. The third-order valence-electron chi connectivity index (χ3n) is 4.90. The fraction of sp³-hybridized carbons (Fsp3) is 0.190. The van der Waals surface area contributed by atoms with Crippen LogP contribution in [0.2, 0.25) is 0 Å². The fourth-order valence-electron chi connectivity index (χ4n) is 3.41. The van der Waals surface area contributed by atoms with Crippen LogP contribution in [0.25, 0.3) is 16.9 Å². The van der Waals surface area contributed by atoms with Crippen LogP contribution >= 0.6 is 0 Å². The quantitative estimate of drug-likeness (QED) is 0.452. The van der Waals surface area contributed by atoms with Gasteiger partial charge in [0.25, 0.3) is 5.88 Å². The Labute approximate surface area is 185 Å². The molecule has 0 bridgehead atoms. The number of hydrogen-bond acceptors (Lipinski definition) is 8. The maximum Gasteiger partial charge on any atom is 0.252 e. The molecule has 0 amide bonds. The number of ether oxygens (including phenoxy) is 1. The molecule has 0 spiro atoms. The summed E-state index contributed by atoms with van der Waals surface area (Å²) in [4.78, 5) is 16.5. The molecule has 0 radical (unpaired) electrons. The van der Waals surface area contributed by atoms with Crippen molar-refractivity contribution in [1.82, 2.24) is 24.5 Å². The van der Waals surface area contributed by atoms with Crippen molar-refractivity contribution in [3.05, 3.63) is 59.4 Å². The Morgan fingerprint density at radius 2 is 1.88 bits per heavy atom. The number of nitrogens with two attached hydrogens (primary N) is 1. The zero-order valence-electron chi connectivity index (χ0n) is 17.5. The number of nitrogens with zero attached hydrogens (tertiary/aromatic N) is 6. The summed E-state index contributed by atoms with van der Waals surface area (Å²) < 4.78 is 48.8. The summed E-state index contributed by atoms with van der Waals surface area (Å²) >= 11 is 0. The molecule has 168 valence electrons. The summed E-state index contributed by atoms with van der Waals surface area (Å²) in [5.41, 5.74) is 6.13. The summed E-state index contributed by atoms with van der Waals surface area (Å²) in [6, 6.07) is 5.35. The smallest absolute Gasteiger partial charge is 0.252 e. The largest absolute Gasteiger partial charge is 0.479 e. The zero-order valence-corrected chi connectivity index (χ0v) is 17.5. The molecule has 1 atom stereocenters. The van der Waals surface area contributed by atoms with E-state index >= 15 is 0 Å². The Morgan fingerprint density at radius 1 is 1.15 bits per heavy atom. The van der Waals surface area contributed by atoms with Gasteiger partial charge in [0.05, 0.1) is 18.8 Å². The maximum absolute atomic E-state index is 14.3. The van der Waals surface area contributed by atoms with Crippen molar-refractivity contribution >= 4 is 22.8 Å². The van der Waals surface area contributed by atoms with Crippen LogP contribution in [0, 0.1) is 28.8 Å². The van der Waals surface area contributed by atoms with Crippen molar-refractivity contribution in [3.8, 4) is 17.6 Å². The van der Waals surface area contributed by atoms with E-state index in [-0.39, 0.29) is 45.8 Å². The summed E-state index contributed by atoms with van der Waals surface area (Å²) in [6.07, 6.45) is 1.59. The predicted molar refractivity (Wildman–Crippen MR) is 113 cm³/mol. The molecule has 3 N–H and O–H groups in total. The Morgan fingerprint density at radius 3 is 2.52 bits per heavy atom. The monoisotopic (exact) mass is 454 g/mol. The van der Waals surface area contributed by atoms with Gasteiger partial charge in [0.15, 0.2) is 11.5 Å². The van der Waals surface area contributed by atoms with E-state index in [1.54, 1.807) is 0 Å². The van der Waals surface area contributed by atoms with Crippen molar-refractivity contribution in [2.75, 3.05) is 18.2 Å². The van der Waals surface area contributed by atoms with Crippen molar-refractivity contribution in [3.63, 3.8) is 0 Å². The third-order valence-corrected chi connectivity index (χ3v) is 4.90. The molecule has 9 nitrogen and oxygen atoms in total. The molecule has 3 aromatic heterocycles. The minimum absolute atomic E-state index is 0.0148. The number of rotatable bonds is 6. The zero-order chi connectivity index (χ0) is 23.7. The Bertz CT molecular complexity index is 1380. The van der Waals surface area contributed by atoms with E-state index in [1.165, 1.54) is 18.0 Å². The lowest BCUT2D eigenvalue weighted by molar-refractivity contribution is 0.371. The van der Waals surface area contributed by atoms with Gasteiger partial charge in [-0.15, -0.1) is 0 Å². The van der Waals surface area contributed by atoms with Crippen LogP contribution in [0.3, 0.4) is 0 Å². The lowest BCUT2D eigenvalue weighted by Crippen LogP contribution is -2.18. The van der Waals surface area contributed by atoms with Crippen LogP contribution in [0.1, 0.15) is 30.8 Å². The second-order valence-corrected chi connectivity index (χ2v) is 6.95. The number of nitrogen functional groups attached to an aromatic ring is 1. The Kier molecular flexibility index (Phi) is 5.70. The number of methoxy groups -OCH3 is 1. The molecule has 3 heterocycles. The molecular weight excluding hydrogens is 437 g/mol. The van der Waals surface area contributed by atoms with E-state index < -0.39 is 23.5 Å². The second-order valence-electron chi connectivity index (χ2n) is 6.95. The van der Waals surface area contributed by atoms with E-state index in [0.29, 0.717) is 6.42 Å². The Hall–Kier alpha value is -4.40. The van der Waals surface area contributed by atoms with Crippen LogP contribution in [0.4, 0.5) is 24.8 Å². The van der Waals surface area contributed by atoms with Gasteiger partial charge in [-0.05, 0) is 18.6 Å². The number of nitriles is 1. The van der Waals surface area contributed by atoms with E-state index in [2.05, 4.69) is 25.3 Å². The number of benzene rings is 1. The van der Waals surface area contributed by atoms with E-state index in [9.17, 15) is 18.4 Å². The highest BCUT2D eigenvalue weighted by atomic mass is 19.1. The van der Waals surface area contributed by atoms with Gasteiger partial charge in [-0.2, -0.15) is 10.2 Å². The van der Waals surface area contributed by atoms with Crippen LogP contribution in [-0.2, 0) is 0 Å². The number of aromatic nitrogens is 5. The van der Waals surface area contributed by atoms with Gasteiger partial charge in [-0.1, -0.05) is 6.92 Å². The minimum Gasteiger partial charge on any atom is -0.479 e. The molecule has 0 fully saturated rings. The van der Waals surface area contributed by atoms with Crippen molar-refractivity contribution in [2.24, 2.45) is 0 Å². The van der Waals surface area contributed by atoms with E-state index in [4.69, 9.17) is 10.5 Å². The summed E-state index contributed by atoms with van der Waals surface area (Å²) in [6.45, 7) is 1.82. The number of imidazole rings is 1. The van der Waals surface area contributed by atoms with Crippen molar-refractivity contribution < 1.29 is 17.9 Å². The third kappa shape index (κ3) is 3.96. The van der Waals surface area contributed by atoms with Crippen molar-refractivity contribution in [1.29, 1.82) is 5.26 Å². The number of anilines is 2. The number of pyridine rings is 1. The van der Waals surface area contributed by atoms with E-state index in [1.807, 2.05) is 13.0 Å². The number of hydrogen-bond donors (Lipinski definition) is 2. The van der Waals surface area contributed by atoms with Crippen molar-refractivity contribution in [2.45, 2.75) is 19.4 Å². The number of halogens is 3. The standard InChI is InChI=1S/C21H17F3N8O/c1-3-15(29-18-13(8-25)17(26)27-9-28-18)19-30-16-7-14(24)21(33-2)31-20(16)32(19)12-5-10(22)4-11(23)6-12/h4-7,9,15H,3H2,1-2H3,(H3,26,27,28,29). The van der Waals surface area contributed by atoms with Gasteiger partial charge in [-0.25, -0.2) is 28.1 Å². The van der Waals surface area contributed by atoms with Crippen LogP contribution in [-0.4, -0.2) is 31.6 Å². The molecule has 0 aliphatic heterocycles. The van der Waals surface area contributed by atoms with Gasteiger partial charge < -0.3 is 15.8 Å². The molecular formula is C21H17F3N8O. The first-order valence-electron chi connectivity index (χ1n) is 9.72. The van der Waals surface area contributed by atoms with Crippen LogP contribution in [0.15, 0.2) is 30.6 Å². The highest BCUT2D eigenvalue weighted by molar-refractivity contribution is 5.75. The molecule has 0 aliphatic carbocycles. The van der Waals surface area contributed by atoms with E-state index in [0.717, 1.165) is 24.3 Å². The molecule has 0 saturated heterocycles. The lowest BCUT2D eigenvalue weighted by atomic mass is 10.2. The van der Waals surface area contributed by atoms with Gasteiger partial charge in [0, 0.05) is 12.1 Å². The number of fused-ring (bicyclic) bond motifs is 1. The van der Waals surface area contributed by atoms with Gasteiger partial charge in [-0.3, -0.25) is 4.57 Å². The van der Waals surface area contributed by atoms with Gasteiger partial charge in [0.2, 0.25) is 0 Å². The lowest BCUT2D eigenvalue weighted by Gasteiger charge is -2.20. The molecule has 0 saturated carbocycles. The SMILES string of the molecule is CCC(Nc1ncnc(N)c1C#N)c1nc2cc(F)c(OC)nc2n1-c1cc(F)cc(F)c1. The second kappa shape index (κ2) is 8.62. The average molecular weight is 454 g/mol. The van der Waals surface area contributed by atoms with Gasteiger partial charge >= 0.3 is 0 Å². The fourth-order valence-corrected chi connectivity index (χ4v) is 3.41. The normalized spacial score (nSPS) is 11.9.